The molecule has 15 heavy (non-hydrogen) atoms. The molecular weight excluding hydrogens is 191 g/mol. The van der Waals surface area contributed by atoms with Gasteiger partial charge in [0.1, 0.15) is 0 Å². The van der Waals surface area contributed by atoms with Crippen LogP contribution in [0.15, 0.2) is 0 Å². The van der Waals surface area contributed by atoms with Gasteiger partial charge in [-0.1, -0.05) is 6.92 Å². The average molecular weight is 214 g/mol. The molecule has 0 aromatic carbocycles. The van der Waals surface area contributed by atoms with E-state index in [1.54, 1.807) is 7.11 Å². The first kappa shape index (κ1) is 13.0. The van der Waals surface area contributed by atoms with E-state index in [-0.39, 0.29) is 30.2 Å². The number of ether oxygens (including phenoxy) is 1. The smallest absolute Gasteiger partial charge is 0.403 e. The molecule has 1 saturated heterocycles. The van der Waals surface area contributed by atoms with E-state index in [2.05, 4.69) is 34.6 Å². The molecule has 0 aromatic heterocycles. The van der Waals surface area contributed by atoms with Gasteiger partial charge in [0.25, 0.3) is 0 Å². The third-order valence-electron chi connectivity index (χ3n) is 3.81. The Hall–Kier alpha value is -0.0551. The van der Waals surface area contributed by atoms with Gasteiger partial charge in [-0.05, 0) is 34.6 Å². The van der Waals surface area contributed by atoms with Crippen LogP contribution < -0.4 is 0 Å². The fourth-order valence-corrected chi connectivity index (χ4v) is 1.54. The van der Waals surface area contributed by atoms with Crippen LogP contribution in [0.3, 0.4) is 0 Å². The molecule has 4 heteroatoms. The fourth-order valence-electron chi connectivity index (χ4n) is 1.54. The summed E-state index contributed by atoms with van der Waals surface area (Å²) in [6, 6.07) is 0. The highest BCUT2D eigenvalue weighted by atomic mass is 16.7. The van der Waals surface area contributed by atoms with Crippen LogP contribution in [0.4, 0.5) is 0 Å². The Morgan fingerprint density at radius 2 is 1.40 bits per heavy atom. The normalized spacial score (nSPS) is 27.8. The number of rotatable bonds is 3. The zero-order valence-electron chi connectivity index (χ0n) is 11.0. The van der Waals surface area contributed by atoms with E-state index in [1.165, 1.54) is 0 Å². The van der Waals surface area contributed by atoms with Crippen molar-refractivity contribution >= 4 is 7.12 Å². The molecule has 0 radical (unpaired) electrons. The van der Waals surface area contributed by atoms with Gasteiger partial charge >= 0.3 is 7.12 Å². The highest BCUT2D eigenvalue weighted by Gasteiger charge is 2.53. The van der Waals surface area contributed by atoms with Crippen LogP contribution in [0.1, 0.15) is 41.5 Å². The molecular formula is C11H23BO3. The van der Waals surface area contributed by atoms with Crippen LogP contribution in [0.2, 0.25) is 5.82 Å². The maximum absolute atomic E-state index is 5.95. The molecule has 0 bridgehead atoms. The summed E-state index contributed by atoms with van der Waals surface area (Å²) in [4.78, 5) is 0. The van der Waals surface area contributed by atoms with Crippen molar-refractivity contribution < 1.29 is 14.0 Å². The lowest BCUT2D eigenvalue weighted by Gasteiger charge is -2.32. The topological polar surface area (TPSA) is 27.7 Å². The van der Waals surface area contributed by atoms with Crippen LogP contribution in [0.25, 0.3) is 0 Å². The minimum Gasteiger partial charge on any atom is -0.403 e. The first-order chi connectivity index (χ1) is 6.71. The van der Waals surface area contributed by atoms with Crippen molar-refractivity contribution in [2.45, 2.75) is 64.7 Å². The van der Waals surface area contributed by atoms with Crippen molar-refractivity contribution in [3.63, 3.8) is 0 Å². The molecule has 0 spiro atoms. The quantitative estimate of drug-likeness (QED) is 0.675. The third-order valence-corrected chi connectivity index (χ3v) is 3.81. The van der Waals surface area contributed by atoms with E-state index in [0.717, 1.165) is 0 Å². The predicted octanol–water partition coefficient (Wildman–Crippen LogP) is 2.50. The van der Waals surface area contributed by atoms with Crippen molar-refractivity contribution in [1.29, 1.82) is 0 Å². The van der Waals surface area contributed by atoms with Gasteiger partial charge in [0.05, 0.1) is 17.3 Å². The zero-order valence-corrected chi connectivity index (χ0v) is 11.0. The molecule has 3 nitrogen and oxygen atoms in total. The van der Waals surface area contributed by atoms with Crippen molar-refractivity contribution in [1.82, 2.24) is 0 Å². The molecule has 0 aromatic rings. The highest BCUT2D eigenvalue weighted by Crippen LogP contribution is 2.40. The third kappa shape index (κ3) is 2.37. The van der Waals surface area contributed by atoms with Gasteiger partial charge < -0.3 is 14.0 Å². The van der Waals surface area contributed by atoms with E-state index >= 15 is 0 Å². The summed E-state index contributed by atoms with van der Waals surface area (Å²) in [5.74, 6) is 0.232. The maximum atomic E-state index is 5.95. The molecule has 1 aliphatic heterocycles. The summed E-state index contributed by atoms with van der Waals surface area (Å²) in [6.07, 6.45) is 0.139. The first-order valence-electron chi connectivity index (χ1n) is 5.59. The molecule has 2 atom stereocenters. The monoisotopic (exact) mass is 214 g/mol. The van der Waals surface area contributed by atoms with Gasteiger partial charge in [-0.15, -0.1) is 0 Å². The number of hydrogen-bond acceptors (Lipinski definition) is 3. The average Bonchev–Trinajstić information content (AvgIpc) is 2.33. The second-order valence-corrected chi connectivity index (χ2v) is 5.42. The molecule has 1 heterocycles. The van der Waals surface area contributed by atoms with Crippen molar-refractivity contribution in [3.8, 4) is 0 Å². The van der Waals surface area contributed by atoms with Crippen LogP contribution in [0.5, 0.6) is 0 Å². The van der Waals surface area contributed by atoms with Crippen molar-refractivity contribution in [3.05, 3.63) is 0 Å². The summed E-state index contributed by atoms with van der Waals surface area (Å²) in [7, 11) is 1.54. The lowest BCUT2D eigenvalue weighted by Crippen LogP contribution is -2.41. The van der Waals surface area contributed by atoms with E-state index in [9.17, 15) is 0 Å². The van der Waals surface area contributed by atoms with Gasteiger partial charge in [0.15, 0.2) is 0 Å². The lowest BCUT2D eigenvalue weighted by atomic mass is 9.70. The molecule has 1 aliphatic rings. The second kappa shape index (κ2) is 4.08. The molecule has 1 unspecified atom stereocenters. The Balaban J connectivity index is 2.70. The zero-order chi connectivity index (χ0) is 11.9. The van der Waals surface area contributed by atoms with Crippen molar-refractivity contribution in [2.75, 3.05) is 7.11 Å². The minimum atomic E-state index is -0.251. The maximum Gasteiger partial charge on any atom is 0.463 e. The van der Waals surface area contributed by atoms with Crippen LogP contribution >= 0.6 is 0 Å². The Kier molecular flexibility index (Phi) is 3.54. The van der Waals surface area contributed by atoms with Crippen molar-refractivity contribution in [2.24, 2.45) is 0 Å². The summed E-state index contributed by atoms with van der Waals surface area (Å²) < 4.78 is 17.2. The van der Waals surface area contributed by atoms with Crippen LogP contribution in [0, 0.1) is 0 Å². The van der Waals surface area contributed by atoms with Crippen LogP contribution in [-0.4, -0.2) is 31.5 Å². The van der Waals surface area contributed by atoms with E-state index in [4.69, 9.17) is 14.0 Å². The molecule has 88 valence electrons. The Morgan fingerprint density at radius 3 is 1.73 bits per heavy atom. The number of hydrogen-bond donors (Lipinski definition) is 0. The van der Waals surface area contributed by atoms with Gasteiger partial charge in [-0.3, -0.25) is 0 Å². The molecule has 0 aliphatic carbocycles. The number of methoxy groups -OCH3 is 1. The molecule has 1 rings (SSSR count). The minimum absolute atomic E-state index is 0.139. The van der Waals surface area contributed by atoms with Gasteiger partial charge in [0.2, 0.25) is 0 Å². The fraction of sp³-hybridized carbons (Fsp3) is 1.00. The second-order valence-electron chi connectivity index (χ2n) is 5.42. The predicted molar refractivity (Wildman–Crippen MR) is 62.0 cm³/mol. The molecule has 1 fully saturated rings. The summed E-state index contributed by atoms with van der Waals surface area (Å²) in [5.41, 5.74) is -0.501. The first-order valence-corrected chi connectivity index (χ1v) is 5.59. The van der Waals surface area contributed by atoms with E-state index in [0.29, 0.717) is 0 Å². The standard InChI is InChI=1S/C11H23BO3/c1-8(9(2)13-7)12-14-10(3,4)11(5,6)15-12/h8-9H,1-7H3/t8-,9?/m0/s1. The highest BCUT2D eigenvalue weighted by molar-refractivity contribution is 6.47. The van der Waals surface area contributed by atoms with E-state index < -0.39 is 0 Å². The molecule has 0 amide bonds. The Bertz CT molecular complexity index is 212. The molecule has 0 N–H and O–H groups in total. The lowest BCUT2D eigenvalue weighted by molar-refractivity contribution is 0.00578. The van der Waals surface area contributed by atoms with Gasteiger partial charge in [-0.25, -0.2) is 0 Å². The van der Waals surface area contributed by atoms with Gasteiger partial charge in [0, 0.05) is 12.9 Å². The summed E-state index contributed by atoms with van der Waals surface area (Å²) in [6.45, 7) is 12.4. The molecule has 0 saturated carbocycles. The largest absolute Gasteiger partial charge is 0.463 e. The Labute approximate surface area is 93.6 Å². The summed E-state index contributed by atoms with van der Waals surface area (Å²) in [5, 5.41) is 0. The summed E-state index contributed by atoms with van der Waals surface area (Å²) >= 11 is 0. The Morgan fingerprint density at radius 1 is 1.00 bits per heavy atom. The SMILES string of the molecule is COC(C)[C@H](C)B1OC(C)(C)C(C)(C)O1. The van der Waals surface area contributed by atoms with E-state index in [1.807, 2.05) is 6.92 Å². The van der Waals surface area contributed by atoms with Gasteiger partial charge in [-0.2, -0.15) is 0 Å². The van der Waals surface area contributed by atoms with Crippen LogP contribution in [-0.2, 0) is 14.0 Å².